The second kappa shape index (κ2) is 11.7. The van der Waals surface area contributed by atoms with E-state index in [1.165, 1.54) is 44.8 Å². The van der Waals surface area contributed by atoms with Gasteiger partial charge in [-0.3, -0.25) is 4.90 Å². The van der Waals surface area contributed by atoms with Crippen LogP contribution in [-0.4, -0.2) is 18.0 Å². The maximum atomic E-state index is 7.32. The quantitative estimate of drug-likeness (QED) is 0.743. The fourth-order valence-electron chi connectivity index (χ4n) is 1.96. The minimum Gasteiger partial charge on any atom is -0.299 e. The van der Waals surface area contributed by atoms with E-state index in [4.69, 9.17) is 5.26 Å². The Morgan fingerprint density at radius 1 is 1.11 bits per heavy atom. The molecule has 1 heterocycles. The molecule has 18 heavy (non-hydrogen) atoms. The van der Waals surface area contributed by atoms with Crippen molar-refractivity contribution in [3.05, 3.63) is 35.9 Å². The number of rotatable bonds is 2. The third-order valence-electron chi connectivity index (χ3n) is 2.70. The Morgan fingerprint density at radius 2 is 1.61 bits per heavy atom. The number of hydrogen-bond donors (Lipinski definition) is 0. The van der Waals surface area contributed by atoms with Gasteiger partial charge in [-0.05, 0) is 31.5 Å². The van der Waals surface area contributed by atoms with E-state index in [-0.39, 0.29) is 0 Å². The molecule has 1 aliphatic rings. The summed E-state index contributed by atoms with van der Waals surface area (Å²) < 4.78 is 0. The summed E-state index contributed by atoms with van der Waals surface area (Å²) in [6.45, 7) is 5.14. The Kier molecular flexibility index (Phi) is 10.6. The fourth-order valence-corrected chi connectivity index (χ4v) is 1.96. The van der Waals surface area contributed by atoms with Crippen molar-refractivity contribution in [1.29, 1.82) is 5.26 Å². The van der Waals surface area contributed by atoms with Gasteiger partial charge < -0.3 is 0 Å². The van der Waals surface area contributed by atoms with Crippen molar-refractivity contribution in [3.63, 3.8) is 0 Å². The van der Waals surface area contributed by atoms with E-state index in [0.717, 1.165) is 6.54 Å². The molecule has 0 aliphatic carbocycles. The lowest BCUT2D eigenvalue weighted by Gasteiger charge is -2.26. The monoisotopic (exact) mass is 242 g/mol. The van der Waals surface area contributed by atoms with Crippen LogP contribution in [0.25, 0.3) is 0 Å². The Balaban J connectivity index is 0.000000509. The Bertz CT molecular complexity index is 342. The highest BCUT2D eigenvalue weighted by Gasteiger charge is 2.09. The van der Waals surface area contributed by atoms with E-state index in [2.05, 4.69) is 48.1 Å². The van der Waals surface area contributed by atoms with Crippen LogP contribution in [0.5, 0.6) is 0 Å². The van der Waals surface area contributed by atoms with E-state index >= 15 is 0 Å². The first-order valence-corrected chi connectivity index (χ1v) is 6.27. The van der Waals surface area contributed by atoms with Gasteiger partial charge in [-0.15, -0.1) is 12.8 Å². The maximum absolute atomic E-state index is 7.32. The minimum absolute atomic E-state index is 1.14. The van der Waals surface area contributed by atoms with Crippen LogP contribution in [0.1, 0.15) is 31.7 Å². The van der Waals surface area contributed by atoms with Crippen LogP contribution in [0.15, 0.2) is 30.3 Å². The van der Waals surface area contributed by atoms with Crippen molar-refractivity contribution in [3.8, 4) is 18.9 Å². The number of benzene rings is 1. The standard InChI is InChI=1S/C12H17N.C2H3N.C2H2/c1-3-7-12(8-4-1)11-13-9-5-2-6-10-13;1-2-3;1-2/h1,3-4,7-8H,2,5-6,9-11H2;1H3;1-2H. The summed E-state index contributed by atoms with van der Waals surface area (Å²) in [7, 11) is 0. The number of piperidine rings is 1. The molecule has 0 atom stereocenters. The molecule has 1 aliphatic heterocycles. The first-order chi connectivity index (χ1) is 8.86. The van der Waals surface area contributed by atoms with E-state index in [1.54, 1.807) is 6.07 Å². The summed E-state index contributed by atoms with van der Waals surface area (Å²) in [6, 6.07) is 12.5. The lowest BCUT2D eigenvalue weighted by atomic mass is 10.1. The van der Waals surface area contributed by atoms with Crippen molar-refractivity contribution in [1.82, 2.24) is 4.90 Å². The zero-order valence-corrected chi connectivity index (χ0v) is 11.2. The number of nitriles is 1. The van der Waals surface area contributed by atoms with Gasteiger partial charge in [-0.2, -0.15) is 5.26 Å². The highest BCUT2D eigenvalue weighted by Crippen LogP contribution is 2.12. The maximum Gasteiger partial charge on any atom is 0.0587 e. The molecule has 0 amide bonds. The Hall–Kier alpha value is -1.77. The third-order valence-corrected chi connectivity index (χ3v) is 2.70. The molecule has 1 saturated heterocycles. The average molecular weight is 242 g/mol. The van der Waals surface area contributed by atoms with E-state index in [9.17, 15) is 0 Å². The molecule has 0 saturated carbocycles. The van der Waals surface area contributed by atoms with Gasteiger partial charge in [0, 0.05) is 13.5 Å². The topological polar surface area (TPSA) is 27.0 Å². The van der Waals surface area contributed by atoms with Crippen molar-refractivity contribution in [2.75, 3.05) is 13.1 Å². The zero-order chi connectivity index (χ0) is 13.6. The Morgan fingerprint density at radius 3 is 2.11 bits per heavy atom. The molecule has 2 heteroatoms. The molecule has 2 nitrogen and oxygen atoms in total. The molecule has 1 aromatic carbocycles. The van der Waals surface area contributed by atoms with Gasteiger partial charge in [0.1, 0.15) is 0 Å². The molecule has 0 N–H and O–H groups in total. The molecule has 0 unspecified atom stereocenters. The lowest BCUT2D eigenvalue weighted by molar-refractivity contribution is 0.221. The number of likely N-dealkylation sites (tertiary alicyclic amines) is 1. The van der Waals surface area contributed by atoms with Crippen LogP contribution in [0, 0.1) is 24.2 Å². The summed E-state index contributed by atoms with van der Waals surface area (Å²) in [6.07, 6.45) is 12.2. The van der Waals surface area contributed by atoms with Crippen LogP contribution >= 0.6 is 0 Å². The van der Waals surface area contributed by atoms with Crippen LogP contribution < -0.4 is 0 Å². The normalized spacial score (nSPS) is 14.1. The molecule has 0 spiro atoms. The molecule has 1 fully saturated rings. The van der Waals surface area contributed by atoms with Crippen molar-refractivity contribution >= 4 is 0 Å². The molecular formula is C16H22N2. The highest BCUT2D eigenvalue weighted by atomic mass is 15.1. The predicted octanol–water partition coefficient (Wildman–Crippen LogP) is 3.45. The van der Waals surface area contributed by atoms with Crippen LogP contribution in [0.2, 0.25) is 0 Å². The van der Waals surface area contributed by atoms with Gasteiger partial charge in [0.2, 0.25) is 0 Å². The van der Waals surface area contributed by atoms with Crippen LogP contribution in [-0.2, 0) is 6.54 Å². The highest BCUT2D eigenvalue weighted by molar-refractivity contribution is 5.14. The number of hydrogen-bond acceptors (Lipinski definition) is 2. The molecular weight excluding hydrogens is 220 g/mol. The first kappa shape index (κ1) is 16.2. The van der Waals surface area contributed by atoms with Gasteiger partial charge in [0.15, 0.2) is 0 Å². The SMILES string of the molecule is C#C.CC#N.c1ccc(CN2CCCCC2)cc1. The van der Waals surface area contributed by atoms with Gasteiger partial charge in [0.25, 0.3) is 0 Å². The predicted molar refractivity (Wildman–Crippen MR) is 76.7 cm³/mol. The molecule has 1 aromatic rings. The van der Waals surface area contributed by atoms with Crippen molar-refractivity contribution in [2.24, 2.45) is 0 Å². The summed E-state index contributed by atoms with van der Waals surface area (Å²) in [5, 5.41) is 7.32. The van der Waals surface area contributed by atoms with E-state index in [1.807, 2.05) is 0 Å². The number of nitrogens with zero attached hydrogens (tertiary/aromatic N) is 2. The smallest absolute Gasteiger partial charge is 0.0587 e. The second-order valence-electron chi connectivity index (χ2n) is 4.05. The largest absolute Gasteiger partial charge is 0.299 e. The third kappa shape index (κ3) is 7.49. The zero-order valence-electron chi connectivity index (χ0n) is 11.2. The second-order valence-corrected chi connectivity index (χ2v) is 4.05. The fraction of sp³-hybridized carbons (Fsp3) is 0.438. The summed E-state index contributed by atoms with van der Waals surface area (Å²) in [4.78, 5) is 2.55. The van der Waals surface area contributed by atoms with Crippen LogP contribution in [0.4, 0.5) is 0 Å². The summed E-state index contributed by atoms with van der Waals surface area (Å²) in [5.74, 6) is 0. The van der Waals surface area contributed by atoms with Crippen LogP contribution in [0.3, 0.4) is 0 Å². The molecule has 0 bridgehead atoms. The lowest BCUT2D eigenvalue weighted by Crippen LogP contribution is -2.28. The number of terminal acetylenes is 1. The summed E-state index contributed by atoms with van der Waals surface area (Å²) in [5.41, 5.74) is 1.45. The van der Waals surface area contributed by atoms with Crippen molar-refractivity contribution < 1.29 is 0 Å². The van der Waals surface area contributed by atoms with Gasteiger partial charge in [0.05, 0.1) is 6.07 Å². The minimum atomic E-state index is 1.14. The Labute approximate surface area is 111 Å². The average Bonchev–Trinajstić information content (AvgIpc) is 2.44. The van der Waals surface area contributed by atoms with Crippen molar-refractivity contribution in [2.45, 2.75) is 32.7 Å². The molecule has 2 rings (SSSR count). The van der Waals surface area contributed by atoms with E-state index in [0.29, 0.717) is 0 Å². The molecule has 96 valence electrons. The molecule has 0 radical (unpaired) electrons. The van der Waals surface area contributed by atoms with E-state index < -0.39 is 0 Å². The van der Waals surface area contributed by atoms with Gasteiger partial charge in [-0.1, -0.05) is 36.8 Å². The van der Waals surface area contributed by atoms with Gasteiger partial charge >= 0.3 is 0 Å². The summed E-state index contributed by atoms with van der Waals surface area (Å²) >= 11 is 0. The van der Waals surface area contributed by atoms with Gasteiger partial charge in [-0.25, -0.2) is 0 Å². The first-order valence-electron chi connectivity index (χ1n) is 6.27. The molecule has 0 aromatic heterocycles.